The quantitative estimate of drug-likeness (QED) is 0.768. The van der Waals surface area contributed by atoms with Crippen molar-refractivity contribution in [3.63, 3.8) is 0 Å². The third-order valence-electron chi connectivity index (χ3n) is 2.50. The Bertz CT molecular complexity index is 705. The minimum Gasteiger partial charge on any atom is -0.504 e. The second-order valence-corrected chi connectivity index (χ2v) is 4.96. The summed E-state index contributed by atoms with van der Waals surface area (Å²) in [6.45, 7) is 1.91. The molecule has 0 fully saturated rings. The van der Waals surface area contributed by atoms with Gasteiger partial charge in [0.15, 0.2) is 11.5 Å². The summed E-state index contributed by atoms with van der Waals surface area (Å²) in [5, 5.41) is 37.3. The first kappa shape index (κ1) is 12.0. The van der Waals surface area contributed by atoms with Gasteiger partial charge in [0.2, 0.25) is 0 Å². The fourth-order valence-electron chi connectivity index (χ4n) is 1.68. The minimum atomic E-state index is -0.488. The molecule has 0 aliphatic rings. The van der Waals surface area contributed by atoms with Gasteiger partial charge in [0.05, 0.1) is 11.6 Å². The van der Waals surface area contributed by atoms with Crippen LogP contribution in [-0.2, 0) is 0 Å². The van der Waals surface area contributed by atoms with E-state index in [1.165, 1.54) is 17.4 Å². The molecule has 0 saturated heterocycles. The Morgan fingerprint density at radius 2 is 1.89 bits per heavy atom. The number of aryl methyl sites for hydroxylation is 1. The molecule has 2 aromatic rings. The monoisotopic (exact) mass is 256 g/mol. The van der Waals surface area contributed by atoms with Crippen molar-refractivity contribution in [1.29, 1.82) is 10.5 Å². The molecule has 0 spiro atoms. The van der Waals surface area contributed by atoms with Crippen molar-refractivity contribution in [2.24, 2.45) is 0 Å². The van der Waals surface area contributed by atoms with E-state index in [-0.39, 0.29) is 11.1 Å². The molecule has 0 atom stereocenters. The van der Waals surface area contributed by atoms with Crippen molar-refractivity contribution in [2.75, 3.05) is 0 Å². The lowest BCUT2D eigenvalue weighted by molar-refractivity contribution is 0.403. The smallest absolute Gasteiger partial charge is 0.176 e. The average molecular weight is 256 g/mol. The molecule has 4 nitrogen and oxygen atoms in total. The van der Waals surface area contributed by atoms with Crippen LogP contribution in [0, 0.1) is 29.6 Å². The number of rotatable bonds is 1. The molecule has 2 N–H and O–H groups in total. The van der Waals surface area contributed by atoms with Crippen molar-refractivity contribution >= 4 is 11.3 Å². The first-order valence-electron chi connectivity index (χ1n) is 5.04. The van der Waals surface area contributed by atoms with Crippen LogP contribution in [0.15, 0.2) is 18.2 Å². The maximum atomic E-state index is 9.69. The summed E-state index contributed by atoms with van der Waals surface area (Å²) < 4.78 is 0. The molecule has 0 aliphatic carbocycles. The summed E-state index contributed by atoms with van der Waals surface area (Å²) in [5.41, 5.74) is 0.463. The van der Waals surface area contributed by atoms with Crippen molar-refractivity contribution in [2.45, 2.75) is 6.92 Å². The maximum absolute atomic E-state index is 9.69. The Morgan fingerprint density at radius 1 is 1.17 bits per heavy atom. The second kappa shape index (κ2) is 4.40. The fraction of sp³-hybridized carbons (Fsp3) is 0.0769. The first-order valence-corrected chi connectivity index (χ1v) is 5.86. The van der Waals surface area contributed by atoms with E-state index in [0.29, 0.717) is 5.56 Å². The largest absolute Gasteiger partial charge is 0.504 e. The van der Waals surface area contributed by atoms with Crippen LogP contribution in [-0.4, -0.2) is 10.2 Å². The van der Waals surface area contributed by atoms with Crippen molar-refractivity contribution < 1.29 is 10.2 Å². The van der Waals surface area contributed by atoms with E-state index >= 15 is 0 Å². The lowest BCUT2D eigenvalue weighted by atomic mass is 9.99. The highest BCUT2D eigenvalue weighted by molar-refractivity contribution is 7.15. The normalized spacial score (nSPS) is 9.72. The van der Waals surface area contributed by atoms with Gasteiger partial charge in [-0.25, -0.2) is 0 Å². The SMILES string of the molecule is Cc1ccc(-c2c(C#N)cc(O)c(O)c2C#N)s1. The van der Waals surface area contributed by atoms with Crippen molar-refractivity contribution in [3.05, 3.63) is 34.2 Å². The molecule has 0 saturated carbocycles. The van der Waals surface area contributed by atoms with E-state index < -0.39 is 11.5 Å². The van der Waals surface area contributed by atoms with Gasteiger partial charge in [0.1, 0.15) is 11.6 Å². The third-order valence-corrected chi connectivity index (χ3v) is 3.52. The van der Waals surface area contributed by atoms with E-state index in [9.17, 15) is 10.2 Å². The lowest BCUT2D eigenvalue weighted by Crippen LogP contribution is -1.89. The first-order chi connectivity index (χ1) is 8.58. The molecule has 88 valence electrons. The van der Waals surface area contributed by atoms with Crippen LogP contribution < -0.4 is 0 Å². The van der Waals surface area contributed by atoms with Gasteiger partial charge in [-0.05, 0) is 19.1 Å². The zero-order valence-corrected chi connectivity index (χ0v) is 10.2. The number of nitrogens with zero attached hydrogens (tertiary/aromatic N) is 2. The van der Waals surface area contributed by atoms with Crippen LogP contribution in [0.3, 0.4) is 0 Å². The van der Waals surface area contributed by atoms with Gasteiger partial charge in [-0.15, -0.1) is 11.3 Å². The predicted octanol–water partition coefficient (Wildman–Crippen LogP) is 2.88. The molecule has 2 rings (SSSR count). The maximum Gasteiger partial charge on any atom is 0.176 e. The lowest BCUT2D eigenvalue weighted by Gasteiger charge is -2.07. The van der Waals surface area contributed by atoms with Crippen LogP contribution in [0.25, 0.3) is 10.4 Å². The van der Waals surface area contributed by atoms with E-state index in [1.54, 1.807) is 6.07 Å². The molecule has 1 heterocycles. The summed E-state index contributed by atoms with van der Waals surface area (Å²) in [6, 6.07) is 8.58. The van der Waals surface area contributed by atoms with Gasteiger partial charge in [0, 0.05) is 21.4 Å². The van der Waals surface area contributed by atoms with E-state index in [4.69, 9.17) is 10.5 Å². The molecule has 0 amide bonds. The number of thiophene rings is 1. The minimum absolute atomic E-state index is 0.0756. The average Bonchev–Trinajstić information content (AvgIpc) is 2.78. The number of hydrogen-bond acceptors (Lipinski definition) is 5. The Kier molecular flexibility index (Phi) is 2.93. The molecular formula is C13H8N2O2S. The molecule has 0 radical (unpaired) electrons. The molecule has 1 aromatic carbocycles. The Morgan fingerprint density at radius 3 is 2.39 bits per heavy atom. The Labute approximate surface area is 108 Å². The Hall–Kier alpha value is -2.50. The standard InChI is InChI=1S/C13H8N2O2S/c1-7-2-3-11(18-7)12-8(5-14)4-10(16)13(17)9(12)6-15/h2-4,16-17H,1H3. The van der Waals surface area contributed by atoms with Crippen LogP contribution in [0.1, 0.15) is 16.0 Å². The summed E-state index contributed by atoms with van der Waals surface area (Å²) in [7, 11) is 0. The summed E-state index contributed by atoms with van der Waals surface area (Å²) in [4.78, 5) is 1.75. The van der Waals surface area contributed by atoms with Gasteiger partial charge in [-0.1, -0.05) is 0 Å². The number of nitriles is 2. The zero-order valence-electron chi connectivity index (χ0n) is 9.43. The predicted molar refractivity (Wildman–Crippen MR) is 67.3 cm³/mol. The van der Waals surface area contributed by atoms with E-state index in [1.807, 2.05) is 25.1 Å². The number of phenolic OH excluding ortho intramolecular Hbond substituents is 2. The van der Waals surface area contributed by atoms with Crippen LogP contribution >= 0.6 is 11.3 Å². The number of hydrogen-bond donors (Lipinski definition) is 2. The summed E-state index contributed by atoms with van der Waals surface area (Å²) in [6.07, 6.45) is 0. The van der Waals surface area contributed by atoms with Crippen LogP contribution in [0.2, 0.25) is 0 Å². The highest BCUT2D eigenvalue weighted by atomic mass is 32.1. The second-order valence-electron chi connectivity index (χ2n) is 3.68. The van der Waals surface area contributed by atoms with Gasteiger partial charge in [0.25, 0.3) is 0 Å². The Balaban J connectivity index is 2.85. The molecule has 0 bridgehead atoms. The highest BCUT2D eigenvalue weighted by Crippen LogP contribution is 2.41. The molecule has 1 aromatic heterocycles. The number of phenols is 2. The van der Waals surface area contributed by atoms with Gasteiger partial charge in [-0.3, -0.25) is 0 Å². The van der Waals surface area contributed by atoms with E-state index in [0.717, 1.165) is 9.75 Å². The molecular weight excluding hydrogens is 248 g/mol. The van der Waals surface area contributed by atoms with Gasteiger partial charge in [-0.2, -0.15) is 10.5 Å². The van der Waals surface area contributed by atoms with Gasteiger partial charge >= 0.3 is 0 Å². The highest BCUT2D eigenvalue weighted by Gasteiger charge is 2.19. The van der Waals surface area contributed by atoms with E-state index in [2.05, 4.69) is 0 Å². The molecule has 18 heavy (non-hydrogen) atoms. The molecule has 5 heteroatoms. The van der Waals surface area contributed by atoms with Gasteiger partial charge < -0.3 is 10.2 Å². The van der Waals surface area contributed by atoms with Crippen molar-refractivity contribution in [1.82, 2.24) is 0 Å². The molecule has 0 unspecified atom stereocenters. The number of benzene rings is 1. The third kappa shape index (κ3) is 1.77. The number of aromatic hydroxyl groups is 2. The fourth-order valence-corrected chi connectivity index (χ4v) is 2.61. The molecule has 0 aliphatic heterocycles. The summed E-state index contributed by atoms with van der Waals surface area (Å²) >= 11 is 1.42. The van der Waals surface area contributed by atoms with Crippen molar-refractivity contribution in [3.8, 4) is 34.1 Å². The van der Waals surface area contributed by atoms with Crippen LogP contribution in [0.5, 0.6) is 11.5 Å². The van der Waals surface area contributed by atoms with Crippen LogP contribution in [0.4, 0.5) is 0 Å². The summed E-state index contributed by atoms with van der Waals surface area (Å²) in [5.74, 6) is -0.947. The topological polar surface area (TPSA) is 88.0 Å². The zero-order chi connectivity index (χ0) is 13.3.